The molecule has 2 saturated heterocycles. The molecule has 17 heteroatoms. The van der Waals surface area contributed by atoms with Gasteiger partial charge in [0.15, 0.2) is 5.82 Å². The van der Waals surface area contributed by atoms with Crippen molar-refractivity contribution >= 4 is 46.5 Å². The van der Waals surface area contributed by atoms with Crippen LogP contribution in [0.4, 0.5) is 26.0 Å². The number of alkyl halides is 2. The van der Waals surface area contributed by atoms with Gasteiger partial charge >= 0.3 is 0 Å². The van der Waals surface area contributed by atoms with Gasteiger partial charge < -0.3 is 33.5 Å². The lowest BCUT2D eigenvalue weighted by Gasteiger charge is -2.35. The summed E-state index contributed by atoms with van der Waals surface area (Å²) < 4.78 is 45.0. The number of imidazole rings is 1. The summed E-state index contributed by atoms with van der Waals surface area (Å²) in [5.41, 5.74) is 5.85. The van der Waals surface area contributed by atoms with E-state index in [1.807, 2.05) is 24.1 Å². The molecule has 2 fully saturated rings. The number of anilines is 3. The number of aromatic nitrogens is 4. The molecule has 0 aliphatic carbocycles. The molecule has 0 spiro atoms. The van der Waals surface area contributed by atoms with Crippen molar-refractivity contribution in [3.63, 3.8) is 0 Å². The lowest BCUT2D eigenvalue weighted by molar-refractivity contribution is -0.137. The van der Waals surface area contributed by atoms with Gasteiger partial charge in [0.2, 0.25) is 17.7 Å². The zero-order valence-electron chi connectivity index (χ0n) is 33.8. The Morgan fingerprint density at radius 1 is 0.950 bits per heavy atom. The Kier molecular flexibility index (Phi) is 9.91. The van der Waals surface area contributed by atoms with Crippen LogP contribution in [-0.4, -0.2) is 99.5 Å². The highest BCUT2D eigenvalue weighted by molar-refractivity contribution is 6.07. The van der Waals surface area contributed by atoms with Crippen molar-refractivity contribution in [1.29, 1.82) is 0 Å². The first kappa shape index (κ1) is 39.0. The third-order valence-corrected chi connectivity index (χ3v) is 12.5. The van der Waals surface area contributed by atoms with Gasteiger partial charge in [-0.25, -0.2) is 13.8 Å². The molecule has 1 unspecified atom stereocenters. The quantitative estimate of drug-likeness (QED) is 0.191. The summed E-state index contributed by atoms with van der Waals surface area (Å²) in [5, 5.41) is 7.55. The van der Waals surface area contributed by atoms with Crippen LogP contribution in [-0.2, 0) is 33.9 Å². The van der Waals surface area contributed by atoms with E-state index >= 15 is 0 Å². The number of halogens is 2. The number of methoxy groups -OCH3 is 2. The molecule has 1 N–H and O–H groups in total. The van der Waals surface area contributed by atoms with Crippen LogP contribution in [0.3, 0.4) is 0 Å². The average molecular weight is 822 g/mol. The molecule has 60 heavy (non-hydrogen) atoms. The number of nitrogens with one attached hydrogen (secondary N) is 1. The van der Waals surface area contributed by atoms with Crippen molar-refractivity contribution in [3.8, 4) is 22.6 Å². The standard InChI is InChI=1S/C43H45F2N9O6/c1-24(55)51-15-11-33-32(22-51)41(49(2)27-5-6-29(31(18-27)40(44)45)30-20-37-46-12-16-52(37)23-36(30)60-4)48-54(33)26-9-13-50(14-10-26)28-17-25-21-53(34-7-8-38(56)47-42(34)57)43(58)39(25)35(19-28)59-3/h5-6,12,16-20,23,26,34,40H,7-11,13-15,21-22H2,1-4H3,(H,47,56,57). The van der Waals surface area contributed by atoms with Crippen LogP contribution in [0.15, 0.2) is 55.0 Å². The fraction of sp³-hybridized carbons (Fsp3) is 0.395. The maximum Gasteiger partial charge on any atom is 0.264 e. The fourth-order valence-corrected chi connectivity index (χ4v) is 9.26. The van der Waals surface area contributed by atoms with Gasteiger partial charge in [0.05, 0.1) is 38.6 Å². The number of hydrogen-bond acceptors (Lipinski definition) is 10. The van der Waals surface area contributed by atoms with Gasteiger partial charge in [0.1, 0.15) is 23.2 Å². The summed E-state index contributed by atoms with van der Waals surface area (Å²) >= 11 is 0. The Morgan fingerprint density at radius 2 is 1.73 bits per heavy atom. The van der Waals surface area contributed by atoms with Crippen LogP contribution in [0.25, 0.3) is 16.8 Å². The minimum atomic E-state index is -2.78. The number of rotatable bonds is 9. The molecule has 7 heterocycles. The monoisotopic (exact) mass is 821 g/mol. The fourth-order valence-electron chi connectivity index (χ4n) is 9.26. The van der Waals surface area contributed by atoms with E-state index in [2.05, 4.69) is 19.9 Å². The average Bonchev–Trinajstić information content (AvgIpc) is 3.97. The summed E-state index contributed by atoms with van der Waals surface area (Å²) in [5.74, 6) is 0.351. The normalized spacial score (nSPS) is 18.3. The highest BCUT2D eigenvalue weighted by Gasteiger charge is 2.41. The van der Waals surface area contributed by atoms with Crippen LogP contribution in [0.1, 0.15) is 77.8 Å². The molecule has 0 saturated carbocycles. The second kappa shape index (κ2) is 15.3. The van der Waals surface area contributed by atoms with Gasteiger partial charge in [0, 0.05) is 105 Å². The summed E-state index contributed by atoms with van der Waals surface area (Å²) in [4.78, 5) is 62.4. The molecule has 4 amide bonds. The minimum Gasteiger partial charge on any atom is -0.496 e. The Labute approximate surface area is 344 Å². The van der Waals surface area contributed by atoms with Crippen LogP contribution in [0.2, 0.25) is 0 Å². The zero-order chi connectivity index (χ0) is 42.0. The molecule has 4 aliphatic rings. The van der Waals surface area contributed by atoms with Gasteiger partial charge in [-0.1, -0.05) is 6.07 Å². The molecular weight excluding hydrogens is 777 g/mol. The minimum absolute atomic E-state index is 0.0333. The SMILES string of the molecule is COc1cn2ccnc2cc1-c1ccc(N(C)c2nn(C3CCN(c4cc5c(c(OC)c4)C(=O)N(C4CCC(=O)NC4=O)C5)CC3)c3c2CN(C(C)=O)CC3)cc1C(F)F. The maximum absolute atomic E-state index is 14.9. The van der Waals surface area contributed by atoms with Crippen LogP contribution < -0.4 is 24.6 Å². The van der Waals surface area contributed by atoms with Crippen LogP contribution >= 0.6 is 0 Å². The van der Waals surface area contributed by atoms with Crippen LogP contribution in [0, 0.1) is 0 Å². The summed E-state index contributed by atoms with van der Waals surface area (Å²) in [6, 6.07) is 9.88. The lowest BCUT2D eigenvalue weighted by Crippen LogP contribution is -2.52. The number of carbonyl (C=O) groups excluding carboxylic acids is 4. The summed E-state index contributed by atoms with van der Waals surface area (Å²) in [6.45, 7) is 4.06. The number of pyridine rings is 1. The van der Waals surface area contributed by atoms with Gasteiger partial charge in [0.25, 0.3) is 12.3 Å². The molecule has 0 bridgehead atoms. The van der Waals surface area contributed by atoms with Crippen molar-refractivity contribution in [2.75, 3.05) is 50.7 Å². The van der Waals surface area contributed by atoms with Crippen molar-refractivity contribution < 1.29 is 37.4 Å². The van der Waals surface area contributed by atoms with E-state index in [1.165, 1.54) is 25.2 Å². The number of ether oxygens (including phenoxy) is 2. The predicted octanol–water partition coefficient (Wildman–Crippen LogP) is 5.43. The second-order valence-electron chi connectivity index (χ2n) is 15.8. The highest BCUT2D eigenvalue weighted by Crippen LogP contribution is 2.43. The number of nitrogens with zero attached hydrogens (tertiary/aromatic N) is 8. The van der Waals surface area contributed by atoms with Crippen molar-refractivity contribution in [3.05, 3.63) is 82.9 Å². The molecule has 4 aliphatic heterocycles. The Hall–Kier alpha value is -6.52. The smallest absolute Gasteiger partial charge is 0.264 e. The van der Waals surface area contributed by atoms with E-state index in [0.717, 1.165) is 35.3 Å². The summed E-state index contributed by atoms with van der Waals surface area (Å²) in [6.07, 6.45) is 4.90. The van der Waals surface area contributed by atoms with E-state index in [-0.39, 0.29) is 48.7 Å². The molecular formula is C43H45F2N9O6. The second-order valence-corrected chi connectivity index (χ2v) is 15.8. The van der Waals surface area contributed by atoms with Crippen molar-refractivity contribution in [2.24, 2.45) is 0 Å². The number of fused-ring (bicyclic) bond motifs is 3. The molecule has 15 nitrogen and oxygen atoms in total. The van der Waals surface area contributed by atoms with Gasteiger partial charge in [-0.05, 0) is 54.7 Å². The third-order valence-electron chi connectivity index (χ3n) is 12.5. The largest absolute Gasteiger partial charge is 0.496 e. The van der Waals surface area contributed by atoms with E-state index in [1.54, 1.807) is 53.0 Å². The third kappa shape index (κ3) is 6.65. The number of hydrogen-bond donors (Lipinski definition) is 1. The molecule has 3 aromatic heterocycles. The Bertz CT molecular complexity index is 2560. The lowest BCUT2D eigenvalue weighted by atomic mass is 9.98. The van der Waals surface area contributed by atoms with Gasteiger partial charge in [-0.15, -0.1) is 0 Å². The first-order valence-corrected chi connectivity index (χ1v) is 20.1. The number of carbonyl (C=O) groups is 4. The predicted molar refractivity (Wildman–Crippen MR) is 217 cm³/mol. The Balaban J connectivity index is 0.985. The van der Waals surface area contributed by atoms with Crippen molar-refractivity contribution in [2.45, 2.75) is 70.6 Å². The molecule has 1 atom stereocenters. The number of piperidine rings is 2. The molecule has 0 radical (unpaired) electrons. The molecule has 5 aromatic rings. The molecule has 9 rings (SSSR count). The Morgan fingerprint density at radius 3 is 2.45 bits per heavy atom. The number of imide groups is 1. The van der Waals surface area contributed by atoms with Gasteiger partial charge in [-0.2, -0.15) is 5.10 Å². The van der Waals surface area contributed by atoms with E-state index in [9.17, 15) is 28.0 Å². The first-order chi connectivity index (χ1) is 28.9. The number of benzene rings is 2. The van der Waals surface area contributed by atoms with Crippen molar-refractivity contribution in [1.82, 2.24) is 34.3 Å². The van der Waals surface area contributed by atoms with E-state index in [0.29, 0.717) is 77.9 Å². The first-order valence-electron chi connectivity index (χ1n) is 20.1. The van der Waals surface area contributed by atoms with E-state index < -0.39 is 18.4 Å². The maximum atomic E-state index is 14.9. The number of amides is 4. The molecule has 312 valence electrons. The van der Waals surface area contributed by atoms with E-state index in [4.69, 9.17) is 14.6 Å². The van der Waals surface area contributed by atoms with Crippen LogP contribution in [0.5, 0.6) is 11.5 Å². The van der Waals surface area contributed by atoms with Gasteiger partial charge in [-0.3, -0.25) is 29.2 Å². The molecule has 2 aromatic carbocycles. The zero-order valence-corrected chi connectivity index (χ0v) is 33.8. The topological polar surface area (TPSA) is 147 Å². The summed E-state index contributed by atoms with van der Waals surface area (Å²) in [7, 11) is 4.85. The highest BCUT2D eigenvalue weighted by atomic mass is 19.3.